The van der Waals surface area contributed by atoms with Gasteiger partial charge in [0.25, 0.3) is 5.91 Å². The summed E-state index contributed by atoms with van der Waals surface area (Å²) in [6, 6.07) is 4.44. The van der Waals surface area contributed by atoms with Crippen LogP contribution in [0, 0.1) is 5.92 Å². The van der Waals surface area contributed by atoms with Crippen molar-refractivity contribution >= 4 is 66.2 Å². The molecular formula is C19H25Cl2N5O6S2. The minimum absolute atomic E-state index is 0.0273. The van der Waals surface area contributed by atoms with Crippen LogP contribution in [0.25, 0.3) is 10.9 Å². The minimum atomic E-state index is -4.09. The Morgan fingerprint density at radius 2 is 1.85 bits per heavy atom. The second kappa shape index (κ2) is 9.99. The van der Waals surface area contributed by atoms with Crippen LogP contribution in [0.2, 0.25) is 10.0 Å². The molecule has 0 saturated carbocycles. The number of nitrogens with one attached hydrogen (secondary N) is 3. The average molecular weight is 554 g/mol. The van der Waals surface area contributed by atoms with Gasteiger partial charge in [0.1, 0.15) is 5.69 Å². The maximum atomic E-state index is 13.1. The van der Waals surface area contributed by atoms with Crippen molar-refractivity contribution in [2.24, 2.45) is 13.0 Å². The second-order valence-corrected chi connectivity index (χ2v) is 12.4. The highest BCUT2D eigenvalue weighted by Crippen LogP contribution is 2.32. The Morgan fingerprint density at radius 1 is 1.18 bits per heavy atom. The Hall–Kier alpha value is -1.90. The van der Waals surface area contributed by atoms with E-state index in [1.165, 1.54) is 0 Å². The summed E-state index contributed by atoms with van der Waals surface area (Å²) in [6.07, 6.45) is 1.19. The van der Waals surface area contributed by atoms with Crippen LogP contribution in [0.4, 0.5) is 0 Å². The van der Waals surface area contributed by atoms with Gasteiger partial charge < -0.3 is 9.88 Å². The van der Waals surface area contributed by atoms with E-state index in [2.05, 4.69) is 10.0 Å². The summed E-state index contributed by atoms with van der Waals surface area (Å²) in [5, 5.41) is 4.17. The van der Waals surface area contributed by atoms with Crippen molar-refractivity contribution in [1.29, 1.82) is 0 Å². The Bertz CT molecular complexity index is 1340. The molecule has 11 nitrogen and oxygen atoms in total. The van der Waals surface area contributed by atoms with E-state index in [9.17, 15) is 26.4 Å². The number of carbonyl (C=O) groups is 2. The van der Waals surface area contributed by atoms with Gasteiger partial charge in [0.2, 0.25) is 15.9 Å². The predicted molar refractivity (Wildman–Crippen MR) is 129 cm³/mol. The van der Waals surface area contributed by atoms with Crippen molar-refractivity contribution < 1.29 is 26.4 Å². The standard InChI is InChI=1S/C19H25Cl2N5O6S2/c1-11(27)24-34(31,32)26-7-6-15(12(10-26)9-22-33(3,29)30)23-19(28)17-8-13-16(25(17)2)5-4-14(20)18(13)21/h4-5,8,12,15,22H,6-7,9-10H2,1-3H3,(H,23,28)(H,24,27)/t12-,15?/m0/s1. The van der Waals surface area contributed by atoms with E-state index in [0.717, 1.165) is 17.5 Å². The number of hydrogen-bond acceptors (Lipinski definition) is 6. The molecule has 0 aliphatic carbocycles. The third-order valence-corrected chi connectivity index (χ3v) is 8.65. The van der Waals surface area contributed by atoms with Crippen LogP contribution in [0.15, 0.2) is 18.2 Å². The highest BCUT2D eigenvalue weighted by atomic mass is 35.5. The molecule has 1 saturated heterocycles. The van der Waals surface area contributed by atoms with Crippen LogP contribution in [0.3, 0.4) is 0 Å². The molecule has 1 aromatic heterocycles. The molecule has 2 heterocycles. The second-order valence-electron chi connectivity index (χ2n) is 8.15. The lowest BCUT2D eigenvalue weighted by Gasteiger charge is -2.38. The van der Waals surface area contributed by atoms with E-state index in [1.54, 1.807) is 29.8 Å². The number of fused-ring (bicyclic) bond motifs is 1. The number of halogens is 2. The quantitative estimate of drug-likeness (QED) is 0.462. The van der Waals surface area contributed by atoms with Gasteiger partial charge in [0, 0.05) is 56.5 Å². The van der Waals surface area contributed by atoms with E-state index in [0.29, 0.717) is 26.6 Å². The van der Waals surface area contributed by atoms with Crippen LogP contribution < -0.4 is 14.8 Å². The van der Waals surface area contributed by atoms with Crippen molar-refractivity contribution in [3.8, 4) is 0 Å². The molecule has 15 heteroatoms. The minimum Gasteiger partial charge on any atom is -0.348 e. The number of piperidine rings is 1. The summed E-state index contributed by atoms with van der Waals surface area (Å²) in [6.45, 7) is 0.898. The number of benzene rings is 1. The van der Waals surface area contributed by atoms with Gasteiger partial charge in [-0.2, -0.15) is 12.7 Å². The zero-order valence-corrected chi connectivity index (χ0v) is 21.8. The molecular weight excluding hydrogens is 529 g/mol. The number of rotatable bonds is 7. The number of amides is 2. The van der Waals surface area contributed by atoms with E-state index in [1.807, 2.05) is 4.72 Å². The smallest absolute Gasteiger partial charge is 0.303 e. The topological polar surface area (TPSA) is 147 Å². The molecule has 2 atom stereocenters. The van der Waals surface area contributed by atoms with Gasteiger partial charge in [0.05, 0.1) is 16.3 Å². The van der Waals surface area contributed by atoms with Crippen LogP contribution in [0.5, 0.6) is 0 Å². The zero-order valence-electron chi connectivity index (χ0n) is 18.6. The van der Waals surface area contributed by atoms with Crippen LogP contribution in [-0.2, 0) is 32.1 Å². The van der Waals surface area contributed by atoms with E-state index in [-0.39, 0.29) is 26.1 Å². The lowest BCUT2D eigenvalue weighted by Crippen LogP contribution is -2.57. The van der Waals surface area contributed by atoms with E-state index < -0.39 is 44.0 Å². The molecule has 3 N–H and O–H groups in total. The lowest BCUT2D eigenvalue weighted by atomic mass is 9.93. The Kier molecular flexibility index (Phi) is 7.85. The van der Waals surface area contributed by atoms with Crippen molar-refractivity contribution in [2.45, 2.75) is 19.4 Å². The Morgan fingerprint density at radius 3 is 2.47 bits per heavy atom. The molecule has 1 aliphatic rings. The first-order valence-corrected chi connectivity index (χ1v) is 14.3. The highest BCUT2D eigenvalue weighted by molar-refractivity contribution is 7.88. The summed E-state index contributed by atoms with van der Waals surface area (Å²) in [7, 11) is -5.96. The van der Waals surface area contributed by atoms with Gasteiger partial charge in [-0.1, -0.05) is 23.2 Å². The summed E-state index contributed by atoms with van der Waals surface area (Å²) in [5.41, 5.74) is 1.01. The molecule has 1 aliphatic heterocycles. The molecule has 3 rings (SSSR count). The maximum Gasteiger partial charge on any atom is 0.303 e. The maximum absolute atomic E-state index is 13.1. The molecule has 0 bridgehead atoms. The molecule has 34 heavy (non-hydrogen) atoms. The first-order chi connectivity index (χ1) is 15.7. The Labute approximate surface area is 208 Å². The molecule has 1 fully saturated rings. The first kappa shape index (κ1) is 26.7. The van der Waals surface area contributed by atoms with E-state index >= 15 is 0 Å². The molecule has 188 valence electrons. The van der Waals surface area contributed by atoms with Gasteiger partial charge in [-0.05, 0) is 24.6 Å². The van der Waals surface area contributed by atoms with Crippen molar-refractivity contribution in [3.63, 3.8) is 0 Å². The fourth-order valence-electron chi connectivity index (χ4n) is 3.93. The average Bonchev–Trinajstić information content (AvgIpc) is 3.05. The number of aromatic nitrogens is 1. The first-order valence-electron chi connectivity index (χ1n) is 10.2. The van der Waals surface area contributed by atoms with Crippen LogP contribution >= 0.6 is 23.2 Å². The molecule has 0 spiro atoms. The summed E-state index contributed by atoms with van der Waals surface area (Å²) in [5.74, 6) is -1.77. The van der Waals surface area contributed by atoms with E-state index in [4.69, 9.17) is 23.2 Å². The summed E-state index contributed by atoms with van der Waals surface area (Å²) in [4.78, 5) is 24.4. The summed E-state index contributed by atoms with van der Waals surface area (Å²) >= 11 is 12.4. The van der Waals surface area contributed by atoms with Crippen LogP contribution in [0.1, 0.15) is 23.8 Å². The largest absolute Gasteiger partial charge is 0.348 e. The number of nitrogens with zero attached hydrogens (tertiary/aromatic N) is 2. The molecule has 2 amide bonds. The molecule has 2 aromatic rings. The van der Waals surface area contributed by atoms with Gasteiger partial charge in [-0.3, -0.25) is 9.59 Å². The van der Waals surface area contributed by atoms with Crippen LogP contribution in [-0.4, -0.2) is 69.5 Å². The molecule has 0 radical (unpaired) electrons. The number of hydrogen-bond donors (Lipinski definition) is 3. The molecule has 1 unspecified atom stereocenters. The number of carbonyl (C=O) groups excluding carboxylic acids is 2. The fraction of sp³-hybridized carbons (Fsp3) is 0.474. The third kappa shape index (κ3) is 6.01. The summed E-state index contributed by atoms with van der Waals surface area (Å²) < 4.78 is 55.1. The van der Waals surface area contributed by atoms with Gasteiger partial charge in [0.15, 0.2) is 0 Å². The predicted octanol–water partition coefficient (Wildman–Crippen LogP) is 0.836. The zero-order chi connectivity index (χ0) is 25.4. The third-order valence-electron chi connectivity index (χ3n) is 5.58. The molecule has 1 aromatic carbocycles. The van der Waals surface area contributed by atoms with Gasteiger partial charge in [-0.15, -0.1) is 0 Å². The number of aryl methyl sites for hydroxylation is 1. The normalized spacial score (nSPS) is 19.8. The van der Waals surface area contributed by atoms with Crippen molar-refractivity contribution in [1.82, 2.24) is 23.6 Å². The SMILES string of the molecule is CC(=O)NS(=O)(=O)N1CCC(NC(=O)c2cc3c(Cl)c(Cl)ccc3n2C)[C@@H](CNS(C)(=O)=O)C1. The number of sulfonamides is 1. The van der Waals surface area contributed by atoms with Gasteiger partial charge in [-0.25, -0.2) is 17.9 Å². The lowest BCUT2D eigenvalue weighted by molar-refractivity contribution is -0.117. The van der Waals surface area contributed by atoms with Crippen molar-refractivity contribution in [2.75, 3.05) is 25.9 Å². The Balaban J connectivity index is 1.84. The fourth-order valence-corrected chi connectivity index (χ4v) is 6.05. The van der Waals surface area contributed by atoms with Gasteiger partial charge >= 0.3 is 10.2 Å². The monoisotopic (exact) mass is 553 g/mol. The van der Waals surface area contributed by atoms with Crippen molar-refractivity contribution in [3.05, 3.63) is 33.9 Å². The highest BCUT2D eigenvalue weighted by Gasteiger charge is 2.36.